The third-order valence-electron chi connectivity index (χ3n) is 3.34. The van der Waals surface area contributed by atoms with E-state index < -0.39 is 0 Å². The summed E-state index contributed by atoms with van der Waals surface area (Å²) in [5.41, 5.74) is 9.56. The molecule has 0 aliphatic rings. The van der Waals surface area contributed by atoms with Crippen molar-refractivity contribution in [1.82, 2.24) is 15.1 Å². The van der Waals surface area contributed by atoms with Gasteiger partial charge in [-0.15, -0.1) is 0 Å². The maximum absolute atomic E-state index is 12.1. The fraction of sp³-hybridized carbons (Fsp3) is 0.286. The molecular weight excluding hydrogens is 276 g/mol. The number of aryl methyl sites for hydroxylation is 2. The number of carbonyl (C=O) groups is 1. The Morgan fingerprint density at radius 1 is 1.45 bits per heavy atom. The first-order chi connectivity index (χ1) is 9.40. The summed E-state index contributed by atoms with van der Waals surface area (Å²) in [6.07, 6.45) is 0. The van der Waals surface area contributed by atoms with Gasteiger partial charge in [-0.25, -0.2) is 0 Å². The van der Waals surface area contributed by atoms with Crippen LogP contribution in [-0.4, -0.2) is 15.7 Å². The SMILES string of the molecule is Cc1nn(C)c(C)c1CNC(=O)c1ccc(Cl)cc1N. The maximum atomic E-state index is 12.1. The highest BCUT2D eigenvalue weighted by molar-refractivity contribution is 6.31. The number of rotatable bonds is 3. The molecule has 0 saturated carbocycles. The smallest absolute Gasteiger partial charge is 0.253 e. The Balaban J connectivity index is 2.12. The van der Waals surface area contributed by atoms with Gasteiger partial charge in [0.25, 0.3) is 5.91 Å². The third kappa shape index (κ3) is 2.77. The number of nitrogens with two attached hydrogens (primary N) is 1. The monoisotopic (exact) mass is 292 g/mol. The second-order valence-corrected chi connectivity index (χ2v) is 5.12. The van der Waals surface area contributed by atoms with Gasteiger partial charge in [0.05, 0.1) is 11.3 Å². The van der Waals surface area contributed by atoms with Crippen molar-refractivity contribution >= 4 is 23.2 Å². The number of anilines is 1. The molecule has 0 unspecified atom stereocenters. The average molecular weight is 293 g/mol. The zero-order chi connectivity index (χ0) is 14.9. The molecule has 1 amide bonds. The first-order valence-electron chi connectivity index (χ1n) is 6.22. The van der Waals surface area contributed by atoms with E-state index in [1.807, 2.05) is 20.9 Å². The summed E-state index contributed by atoms with van der Waals surface area (Å²) in [5, 5.41) is 7.68. The molecule has 20 heavy (non-hydrogen) atoms. The van der Waals surface area contributed by atoms with Crippen LogP contribution in [0.2, 0.25) is 5.02 Å². The topological polar surface area (TPSA) is 72.9 Å². The summed E-state index contributed by atoms with van der Waals surface area (Å²) in [5.74, 6) is -0.221. The first-order valence-corrected chi connectivity index (χ1v) is 6.60. The maximum Gasteiger partial charge on any atom is 0.253 e. The molecule has 0 aliphatic carbocycles. The van der Waals surface area contributed by atoms with Gasteiger partial charge in [0, 0.05) is 35.6 Å². The number of hydrogen-bond donors (Lipinski definition) is 2. The fourth-order valence-corrected chi connectivity index (χ4v) is 2.26. The van der Waals surface area contributed by atoms with Crippen LogP contribution in [0.3, 0.4) is 0 Å². The van der Waals surface area contributed by atoms with Crippen LogP contribution in [0.25, 0.3) is 0 Å². The molecule has 0 saturated heterocycles. The van der Waals surface area contributed by atoms with Crippen molar-refractivity contribution in [2.75, 3.05) is 5.73 Å². The zero-order valence-corrected chi connectivity index (χ0v) is 12.5. The van der Waals surface area contributed by atoms with Crippen molar-refractivity contribution in [2.45, 2.75) is 20.4 Å². The lowest BCUT2D eigenvalue weighted by Crippen LogP contribution is -2.24. The summed E-state index contributed by atoms with van der Waals surface area (Å²) in [6, 6.07) is 4.83. The lowest BCUT2D eigenvalue weighted by molar-refractivity contribution is 0.0951. The Labute approximate surface area is 122 Å². The predicted molar refractivity (Wildman–Crippen MR) is 79.7 cm³/mol. The molecule has 3 N–H and O–H groups in total. The van der Waals surface area contributed by atoms with E-state index in [0.717, 1.165) is 17.0 Å². The van der Waals surface area contributed by atoms with E-state index >= 15 is 0 Å². The van der Waals surface area contributed by atoms with Gasteiger partial charge in [0.2, 0.25) is 0 Å². The van der Waals surface area contributed by atoms with E-state index in [2.05, 4.69) is 10.4 Å². The molecule has 106 valence electrons. The molecule has 0 aliphatic heterocycles. The number of hydrogen-bond acceptors (Lipinski definition) is 3. The van der Waals surface area contributed by atoms with Gasteiger partial charge >= 0.3 is 0 Å². The Morgan fingerprint density at radius 2 is 2.15 bits per heavy atom. The minimum absolute atomic E-state index is 0.221. The minimum atomic E-state index is -0.221. The average Bonchev–Trinajstić information content (AvgIpc) is 2.61. The number of benzene rings is 1. The van der Waals surface area contributed by atoms with Crippen LogP contribution in [0.4, 0.5) is 5.69 Å². The molecule has 5 nitrogen and oxygen atoms in total. The molecular formula is C14H17ClN4O. The molecule has 1 heterocycles. The van der Waals surface area contributed by atoms with Crippen molar-refractivity contribution in [3.63, 3.8) is 0 Å². The molecule has 0 radical (unpaired) electrons. The number of nitrogens with zero attached hydrogens (tertiary/aromatic N) is 2. The fourth-order valence-electron chi connectivity index (χ4n) is 2.08. The van der Waals surface area contributed by atoms with Gasteiger partial charge in [-0.05, 0) is 32.0 Å². The second-order valence-electron chi connectivity index (χ2n) is 4.69. The predicted octanol–water partition coefficient (Wildman–Crippen LogP) is 2.20. The summed E-state index contributed by atoms with van der Waals surface area (Å²) < 4.78 is 1.80. The molecule has 0 fully saturated rings. The van der Waals surface area contributed by atoms with E-state index in [1.54, 1.807) is 22.9 Å². The number of nitrogens with one attached hydrogen (secondary N) is 1. The van der Waals surface area contributed by atoms with Crippen molar-refractivity contribution < 1.29 is 4.79 Å². The molecule has 2 aromatic rings. The summed E-state index contributed by atoms with van der Waals surface area (Å²) in [4.78, 5) is 12.1. The molecule has 6 heteroatoms. The van der Waals surface area contributed by atoms with Crippen molar-refractivity contribution in [1.29, 1.82) is 0 Å². The molecule has 0 bridgehead atoms. The van der Waals surface area contributed by atoms with Gasteiger partial charge in [-0.2, -0.15) is 5.10 Å². The number of nitrogen functional groups attached to an aromatic ring is 1. The Kier molecular flexibility index (Phi) is 3.99. The molecule has 1 aromatic carbocycles. The van der Waals surface area contributed by atoms with E-state index in [-0.39, 0.29) is 5.91 Å². The summed E-state index contributed by atoms with van der Waals surface area (Å²) in [6.45, 7) is 4.32. The number of carbonyl (C=O) groups excluding carboxylic acids is 1. The van der Waals surface area contributed by atoms with E-state index in [9.17, 15) is 4.79 Å². The van der Waals surface area contributed by atoms with Crippen LogP contribution in [0.15, 0.2) is 18.2 Å². The van der Waals surface area contributed by atoms with Crippen LogP contribution in [0.1, 0.15) is 27.3 Å². The van der Waals surface area contributed by atoms with Crippen molar-refractivity contribution in [3.05, 3.63) is 45.7 Å². The van der Waals surface area contributed by atoms with Gasteiger partial charge in [0.15, 0.2) is 0 Å². The van der Waals surface area contributed by atoms with Crippen molar-refractivity contribution in [3.8, 4) is 0 Å². The Bertz CT molecular complexity index is 663. The van der Waals surface area contributed by atoms with Crippen LogP contribution in [0, 0.1) is 13.8 Å². The van der Waals surface area contributed by atoms with Gasteiger partial charge in [-0.1, -0.05) is 11.6 Å². The van der Waals surface area contributed by atoms with Crippen LogP contribution in [0.5, 0.6) is 0 Å². The molecule has 1 aromatic heterocycles. The van der Waals surface area contributed by atoms with Crippen LogP contribution in [-0.2, 0) is 13.6 Å². The highest BCUT2D eigenvalue weighted by Gasteiger charge is 2.13. The first kappa shape index (κ1) is 14.4. The highest BCUT2D eigenvalue weighted by Crippen LogP contribution is 2.18. The Morgan fingerprint density at radius 3 is 2.70 bits per heavy atom. The van der Waals surface area contributed by atoms with Crippen molar-refractivity contribution in [2.24, 2.45) is 7.05 Å². The normalized spacial score (nSPS) is 10.6. The lowest BCUT2D eigenvalue weighted by Gasteiger charge is -2.08. The standard InChI is InChI=1S/C14H17ClN4O/c1-8-12(9(2)19(3)18-8)7-17-14(20)11-5-4-10(15)6-13(11)16/h4-6H,7,16H2,1-3H3,(H,17,20). The zero-order valence-electron chi connectivity index (χ0n) is 11.7. The lowest BCUT2D eigenvalue weighted by atomic mass is 10.1. The van der Waals surface area contributed by atoms with E-state index in [0.29, 0.717) is 22.8 Å². The summed E-state index contributed by atoms with van der Waals surface area (Å²) >= 11 is 5.82. The van der Waals surface area contributed by atoms with E-state index in [4.69, 9.17) is 17.3 Å². The van der Waals surface area contributed by atoms with Crippen LogP contribution >= 0.6 is 11.6 Å². The largest absolute Gasteiger partial charge is 0.398 e. The summed E-state index contributed by atoms with van der Waals surface area (Å²) in [7, 11) is 1.88. The quantitative estimate of drug-likeness (QED) is 0.852. The number of halogens is 1. The highest BCUT2D eigenvalue weighted by atomic mass is 35.5. The molecule has 0 spiro atoms. The minimum Gasteiger partial charge on any atom is -0.398 e. The third-order valence-corrected chi connectivity index (χ3v) is 3.58. The van der Waals surface area contributed by atoms with E-state index in [1.165, 1.54) is 0 Å². The van der Waals surface area contributed by atoms with Crippen LogP contribution < -0.4 is 11.1 Å². The van der Waals surface area contributed by atoms with Gasteiger partial charge < -0.3 is 11.1 Å². The second kappa shape index (κ2) is 5.54. The van der Waals surface area contributed by atoms with Gasteiger partial charge in [-0.3, -0.25) is 9.48 Å². The molecule has 2 rings (SSSR count). The Hall–Kier alpha value is -2.01. The number of aromatic nitrogens is 2. The molecule has 0 atom stereocenters. The van der Waals surface area contributed by atoms with Gasteiger partial charge in [0.1, 0.15) is 0 Å². The number of amides is 1.